The van der Waals surface area contributed by atoms with Crippen molar-refractivity contribution in [1.29, 1.82) is 0 Å². The van der Waals surface area contributed by atoms with E-state index < -0.39 is 11.7 Å². The molecule has 1 amide bonds. The van der Waals surface area contributed by atoms with Crippen LogP contribution in [0.25, 0.3) is 0 Å². The van der Waals surface area contributed by atoms with Gasteiger partial charge in [0.25, 0.3) is 0 Å². The third kappa shape index (κ3) is 5.17. The third-order valence-corrected chi connectivity index (χ3v) is 2.18. The summed E-state index contributed by atoms with van der Waals surface area (Å²) >= 11 is 0. The predicted molar refractivity (Wildman–Crippen MR) is 76.5 cm³/mol. The van der Waals surface area contributed by atoms with Gasteiger partial charge in [-0.1, -0.05) is 0 Å². The lowest BCUT2D eigenvalue weighted by Gasteiger charge is -2.18. The number of benzene rings is 1. The first-order valence-corrected chi connectivity index (χ1v) is 6.10. The van der Waals surface area contributed by atoms with Crippen LogP contribution in [0.3, 0.4) is 0 Å². The summed E-state index contributed by atoms with van der Waals surface area (Å²) in [7, 11) is 3.12. The number of ether oxygens (including phenoxy) is 3. The lowest BCUT2D eigenvalue weighted by molar-refractivity contribution is 0.0529. The van der Waals surface area contributed by atoms with Gasteiger partial charge in [0.15, 0.2) is 11.5 Å². The highest BCUT2D eigenvalue weighted by Gasteiger charge is 2.15. The highest BCUT2D eigenvalue weighted by molar-refractivity contribution is 5.82. The molecule has 1 aromatic rings. The van der Waals surface area contributed by atoms with Gasteiger partial charge in [-0.25, -0.2) is 10.2 Å². The number of nitrogens with one attached hydrogen (secondary N) is 1. The van der Waals surface area contributed by atoms with Crippen LogP contribution in [0, 0.1) is 0 Å². The van der Waals surface area contributed by atoms with E-state index in [0.29, 0.717) is 11.5 Å². The molecule has 0 heterocycles. The Bertz CT molecular complexity index is 492. The van der Waals surface area contributed by atoms with Crippen LogP contribution in [0.5, 0.6) is 11.5 Å². The quantitative estimate of drug-likeness (QED) is 0.679. The molecule has 0 atom stereocenters. The van der Waals surface area contributed by atoms with Gasteiger partial charge in [-0.15, -0.1) is 0 Å². The first kappa shape index (κ1) is 15.8. The second kappa shape index (κ2) is 6.79. The predicted octanol–water partition coefficient (Wildman–Crippen LogP) is 2.56. The topological polar surface area (TPSA) is 69.2 Å². The van der Waals surface area contributed by atoms with Crippen molar-refractivity contribution < 1.29 is 19.0 Å². The SMILES string of the molecule is COc1ccc(/C=N/NC(=O)OC(C)(C)C)cc1OC. The maximum atomic E-state index is 11.4. The Hall–Kier alpha value is -2.24. The summed E-state index contributed by atoms with van der Waals surface area (Å²) < 4.78 is 15.3. The summed E-state index contributed by atoms with van der Waals surface area (Å²) in [6, 6.07) is 5.30. The van der Waals surface area contributed by atoms with Crippen molar-refractivity contribution in [2.75, 3.05) is 14.2 Å². The largest absolute Gasteiger partial charge is 0.493 e. The fourth-order valence-corrected chi connectivity index (χ4v) is 1.39. The van der Waals surface area contributed by atoms with E-state index in [0.717, 1.165) is 5.56 Å². The van der Waals surface area contributed by atoms with Crippen LogP contribution in [-0.4, -0.2) is 32.1 Å². The van der Waals surface area contributed by atoms with Crippen molar-refractivity contribution in [3.63, 3.8) is 0 Å². The van der Waals surface area contributed by atoms with Gasteiger partial charge in [0.1, 0.15) is 5.60 Å². The standard InChI is InChI=1S/C14H20N2O4/c1-14(2,3)20-13(17)16-15-9-10-6-7-11(18-4)12(8-10)19-5/h6-9H,1-5H3,(H,16,17)/b15-9+. The molecule has 0 aromatic heterocycles. The highest BCUT2D eigenvalue weighted by Crippen LogP contribution is 2.26. The Morgan fingerprint density at radius 1 is 1.20 bits per heavy atom. The van der Waals surface area contributed by atoms with Crippen molar-refractivity contribution in [3.8, 4) is 11.5 Å². The molecule has 0 spiro atoms. The maximum Gasteiger partial charge on any atom is 0.428 e. The molecule has 6 heteroatoms. The Morgan fingerprint density at radius 3 is 2.40 bits per heavy atom. The lowest BCUT2D eigenvalue weighted by Crippen LogP contribution is -2.29. The zero-order valence-electron chi connectivity index (χ0n) is 12.4. The molecule has 20 heavy (non-hydrogen) atoms. The molecule has 0 aliphatic carbocycles. The number of hydrazone groups is 1. The molecule has 1 aromatic carbocycles. The summed E-state index contributed by atoms with van der Waals surface area (Å²) in [4.78, 5) is 11.4. The number of amides is 1. The van der Waals surface area contributed by atoms with Gasteiger partial charge in [0.05, 0.1) is 20.4 Å². The van der Waals surface area contributed by atoms with Crippen LogP contribution in [-0.2, 0) is 4.74 Å². The summed E-state index contributed by atoms with van der Waals surface area (Å²) in [5.74, 6) is 1.22. The van der Waals surface area contributed by atoms with Crippen LogP contribution >= 0.6 is 0 Å². The number of carbonyl (C=O) groups is 1. The zero-order chi connectivity index (χ0) is 15.2. The van der Waals surface area contributed by atoms with E-state index in [2.05, 4.69) is 10.5 Å². The van der Waals surface area contributed by atoms with Crippen molar-refractivity contribution in [2.45, 2.75) is 26.4 Å². The van der Waals surface area contributed by atoms with Gasteiger partial charge in [-0.05, 0) is 44.5 Å². The molecule has 1 N–H and O–H groups in total. The first-order valence-electron chi connectivity index (χ1n) is 6.10. The number of methoxy groups -OCH3 is 2. The van der Waals surface area contributed by atoms with Crippen molar-refractivity contribution in [1.82, 2.24) is 5.43 Å². The molecule has 0 unspecified atom stereocenters. The van der Waals surface area contributed by atoms with E-state index in [1.807, 2.05) is 0 Å². The molecule has 0 saturated heterocycles. The van der Waals surface area contributed by atoms with E-state index in [1.54, 1.807) is 53.2 Å². The highest BCUT2D eigenvalue weighted by atomic mass is 16.6. The molecule has 0 fully saturated rings. The van der Waals surface area contributed by atoms with E-state index in [4.69, 9.17) is 14.2 Å². The van der Waals surface area contributed by atoms with E-state index in [-0.39, 0.29) is 0 Å². The monoisotopic (exact) mass is 280 g/mol. The summed E-state index contributed by atoms with van der Waals surface area (Å²) in [5, 5.41) is 3.81. The van der Waals surface area contributed by atoms with Gasteiger partial charge in [-0.2, -0.15) is 5.10 Å². The molecule has 6 nitrogen and oxygen atoms in total. The fraction of sp³-hybridized carbons (Fsp3) is 0.429. The van der Waals surface area contributed by atoms with E-state index in [9.17, 15) is 4.79 Å². The maximum absolute atomic E-state index is 11.4. The number of hydrogen-bond donors (Lipinski definition) is 1. The van der Waals surface area contributed by atoms with Crippen molar-refractivity contribution in [3.05, 3.63) is 23.8 Å². The van der Waals surface area contributed by atoms with Crippen LogP contribution in [0.4, 0.5) is 4.79 Å². The lowest BCUT2D eigenvalue weighted by atomic mass is 10.2. The minimum atomic E-state index is -0.603. The smallest absolute Gasteiger partial charge is 0.428 e. The first-order chi connectivity index (χ1) is 9.35. The molecular formula is C14H20N2O4. The van der Waals surface area contributed by atoms with Crippen LogP contribution in [0.15, 0.2) is 23.3 Å². The van der Waals surface area contributed by atoms with Crippen molar-refractivity contribution >= 4 is 12.3 Å². The third-order valence-electron chi connectivity index (χ3n) is 2.18. The minimum Gasteiger partial charge on any atom is -0.493 e. The molecule has 0 bridgehead atoms. The number of rotatable bonds is 4. The van der Waals surface area contributed by atoms with Gasteiger partial charge in [-0.3, -0.25) is 0 Å². The molecule has 0 aliphatic rings. The van der Waals surface area contributed by atoms with E-state index >= 15 is 0 Å². The molecule has 1 rings (SSSR count). The average molecular weight is 280 g/mol. The number of nitrogens with zero attached hydrogens (tertiary/aromatic N) is 1. The Morgan fingerprint density at radius 2 is 1.85 bits per heavy atom. The second-order valence-corrected chi connectivity index (χ2v) is 4.99. The van der Waals surface area contributed by atoms with Gasteiger partial charge >= 0.3 is 6.09 Å². The van der Waals surface area contributed by atoms with Crippen molar-refractivity contribution in [2.24, 2.45) is 5.10 Å². The zero-order valence-corrected chi connectivity index (χ0v) is 12.4. The van der Waals surface area contributed by atoms with Crippen LogP contribution < -0.4 is 14.9 Å². The van der Waals surface area contributed by atoms with Gasteiger partial charge < -0.3 is 14.2 Å². The fourth-order valence-electron chi connectivity index (χ4n) is 1.39. The molecule has 0 radical (unpaired) electrons. The summed E-state index contributed by atoms with van der Waals surface area (Å²) in [5.41, 5.74) is 2.50. The molecule has 0 aliphatic heterocycles. The van der Waals surface area contributed by atoms with Crippen LogP contribution in [0.1, 0.15) is 26.3 Å². The summed E-state index contributed by atoms with van der Waals surface area (Å²) in [6.07, 6.45) is 0.889. The number of hydrogen-bond acceptors (Lipinski definition) is 5. The normalized spacial score (nSPS) is 11.2. The van der Waals surface area contributed by atoms with Crippen LogP contribution in [0.2, 0.25) is 0 Å². The molecule has 0 saturated carbocycles. The van der Waals surface area contributed by atoms with Gasteiger partial charge in [0.2, 0.25) is 0 Å². The second-order valence-electron chi connectivity index (χ2n) is 4.99. The Balaban J connectivity index is 2.65. The van der Waals surface area contributed by atoms with Gasteiger partial charge in [0, 0.05) is 0 Å². The Kier molecular flexibility index (Phi) is 5.37. The molecule has 110 valence electrons. The molecular weight excluding hydrogens is 260 g/mol. The summed E-state index contributed by atoms with van der Waals surface area (Å²) in [6.45, 7) is 5.35. The number of carbonyl (C=O) groups excluding carboxylic acids is 1. The Labute approximate surface area is 118 Å². The minimum absolute atomic E-state index is 0.553. The average Bonchev–Trinajstić information content (AvgIpc) is 2.36. The van der Waals surface area contributed by atoms with E-state index in [1.165, 1.54) is 6.21 Å².